The highest BCUT2D eigenvalue weighted by atomic mass is 32.2. The molecule has 1 aromatic rings. The van der Waals surface area contributed by atoms with Gasteiger partial charge in [-0.05, 0) is 31.9 Å². The van der Waals surface area contributed by atoms with Crippen molar-refractivity contribution in [2.24, 2.45) is 0 Å². The van der Waals surface area contributed by atoms with E-state index in [1.165, 1.54) is 11.2 Å². The number of hydrogen-bond acceptors (Lipinski definition) is 4. The fraction of sp³-hybridized carbons (Fsp3) is 0.500. The van der Waals surface area contributed by atoms with E-state index in [1.807, 2.05) is 0 Å². The standard InChI is InChI=1S/C12H16N2O4S/c1-9(12(15)16)19(17,18)14(11-5-6-11)8-10-4-2-3-7-13-10/h2-4,7,9,11H,5-6,8H2,1H3,(H,15,16). The number of carboxylic acid groups (broad SMARTS) is 1. The molecule has 2 rings (SSSR count). The molecule has 0 amide bonds. The molecule has 0 radical (unpaired) electrons. The summed E-state index contributed by atoms with van der Waals surface area (Å²) in [6, 6.07) is 5.17. The lowest BCUT2D eigenvalue weighted by molar-refractivity contribution is -0.136. The Labute approximate surface area is 112 Å². The largest absolute Gasteiger partial charge is 0.480 e. The number of aromatic nitrogens is 1. The van der Waals surface area contributed by atoms with Crippen molar-refractivity contribution in [3.8, 4) is 0 Å². The maximum atomic E-state index is 12.3. The van der Waals surface area contributed by atoms with Crippen molar-refractivity contribution in [2.45, 2.75) is 37.6 Å². The molecule has 6 nitrogen and oxygen atoms in total. The third kappa shape index (κ3) is 3.10. The zero-order chi connectivity index (χ0) is 14.0. The molecular formula is C12H16N2O4S. The number of nitrogens with zero attached hydrogens (tertiary/aromatic N) is 2. The van der Waals surface area contributed by atoms with Crippen LogP contribution in [-0.2, 0) is 21.4 Å². The summed E-state index contributed by atoms with van der Waals surface area (Å²) in [5.74, 6) is -1.33. The van der Waals surface area contributed by atoms with Crippen LogP contribution in [0.4, 0.5) is 0 Å². The zero-order valence-corrected chi connectivity index (χ0v) is 11.4. The highest BCUT2D eigenvalue weighted by Crippen LogP contribution is 2.32. The molecule has 0 bridgehead atoms. The van der Waals surface area contributed by atoms with Gasteiger partial charge in [-0.1, -0.05) is 6.07 Å². The normalized spacial score (nSPS) is 17.4. The molecule has 1 aliphatic carbocycles. The van der Waals surface area contributed by atoms with E-state index in [2.05, 4.69) is 4.98 Å². The lowest BCUT2D eigenvalue weighted by Crippen LogP contribution is -2.42. The van der Waals surface area contributed by atoms with E-state index >= 15 is 0 Å². The first-order valence-electron chi connectivity index (χ1n) is 6.06. The summed E-state index contributed by atoms with van der Waals surface area (Å²) in [4.78, 5) is 15.0. The second-order valence-corrected chi connectivity index (χ2v) is 6.83. The smallest absolute Gasteiger partial charge is 0.323 e. The van der Waals surface area contributed by atoms with Crippen LogP contribution in [0.15, 0.2) is 24.4 Å². The number of sulfonamides is 1. The van der Waals surface area contributed by atoms with Gasteiger partial charge in [-0.15, -0.1) is 0 Å². The average Bonchev–Trinajstić information content (AvgIpc) is 3.20. The van der Waals surface area contributed by atoms with Gasteiger partial charge in [0.1, 0.15) is 0 Å². The SMILES string of the molecule is CC(C(=O)O)S(=O)(=O)N(Cc1ccccn1)C1CC1. The van der Waals surface area contributed by atoms with Crippen LogP contribution in [0.5, 0.6) is 0 Å². The van der Waals surface area contributed by atoms with Crippen LogP contribution in [-0.4, -0.2) is 40.1 Å². The van der Waals surface area contributed by atoms with Crippen molar-refractivity contribution in [3.05, 3.63) is 30.1 Å². The first-order chi connectivity index (χ1) is 8.93. The molecule has 0 spiro atoms. The van der Waals surface area contributed by atoms with Gasteiger partial charge in [0, 0.05) is 12.2 Å². The van der Waals surface area contributed by atoms with Gasteiger partial charge in [0.15, 0.2) is 5.25 Å². The minimum Gasteiger partial charge on any atom is -0.480 e. The monoisotopic (exact) mass is 284 g/mol. The summed E-state index contributed by atoms with van der Waals surface area (Å²) < 4.78 is 25.8. The fourth-order valence-corrected chi connectivity index (χ4v) is 3.37. The molecule has 1 N–H and O–H groups in total. The van der Waals surface area contributed by atoms with Crippen LogP contribution < -0.4 is 0 Å². The number of pyridine rings is 1. The molecule has 1 heterocycles. The predicted molar refractivity (Wildman–Crippen MR) is 68.8 cm³/mol. The molecule has 7 heteroatoms. The van der Waals surface area contributed by atoms with Gasteiger partial charge < -0.3 is 5.11 Å². The van der Waals surface area contributed by atoms with Gasteiger partial charge in [-0.2, -0.15) is 4.31 Å². The number of carbonyl (C=O) groups is 1. The third-order valence-electron chi connectivity index (χ3n) is 3.12. The number of aliphatic carboxylic acids is 1. The maximum absolute atomic E-state index is 12.3. The van der Waals surface area contributed by atoms with E-state index in [0.717, 1.165) is 12.8 Å². The Morgan fingerprint density at radius 1 is 1.53 bits per heavy atom. The van der Waals surface area contributed by atoms with Gasteiger partial charge >= 0.3 is 5.97 Å². The number of hydrogen-bond donors (Lipinski definition) is 1. The van der Waals surface area contributed by atoms with Crippen LogP contribution in [0, 0.1) is 0 Å². The lowest BCUT2D eigenvalue weighted by Gasteiger charge is -2.23. The summed E-state index contributed by atoms with van der Waals surface area (Å²) in [6.07, 6.45) is 3.14. The van der Waals surface area contributed by atoms with Crippen molar-refractivity contribution < 1.29 is 18.3 Å². The van der Waals surface area contributed by atoms with Crippen LogP contribution in [0.1, 0.15) is 25.5 Å². The molecule has 1 unspecified atom stereocenters. The highest BCUT2D eigenvalue weighted by Gasteiger charge is 2.42. The molecule has 1 fully saturated rings. The predicted octanol–water partition coefficient (Wildman–Crippen LogP) is 0.849. The van der Waals surface area contributed by atoms with Crippen LogP contribution in [0.3, 0.4) is 0 Å². The molecule has 1 aliphatic rings. The van der Waals surface area contributed by atoms with Gasteiger partial charge in [0.05, 0.1) is 12.2 Å². The van der Waals surface area contributed by atoms with Gasteiger partial charge in [-0.25, -0.2) is 8.42 Å². The minimum atomic E-state index is -3.84. The molecule has 0 aromatic carbocycles. The van der Waals surface area contributed by atoms with Gasteiger partial charge in [0.25, 0.3) is 0 Å². The van der Waals surface area contributed by atoms with Crippen molar-refractivity contribution in [2.75, 3.05) is 0 Å². The van der Waals surface area contributed by atoms with Crippen molar-refractivity contribution >= 4 is 16.0 Å². The van der Waals surface area contributed by atoms with E-state index in [4.69, 9.17) is 5.11 Å². The second-order valence-electron chi connectivity index (χ2n) is 4.62. The van der Waals surface area contributed by atoms with E-state index in [1.54, 1.807) is 24.4 Å². The van der Waals surface area contributed by atoms with Crippen LogP contribution in [0.2, 0.25) is 0 Å². The summed E-state index contributed by atoms with van der Waals surface area (Å²) >= 11 is 0. The molecular weight excluding hydrogens is 268 g/mol. The van der Waals surface area contributed by atoms with Gasteiger partial charge in [-0.3, -0.25) is 9.78 Å². The Balaban J connectivity index is 2.24. The number of carboxylic acids is 1. The van der Waals surface area contributed by atoms with Gasteiger partial charge in [0.2, 0.25) is 10.0 Å². The molecule has 0 aliphatic heterocycles. The molecule has 1 atom stereocenters. The topological polar surface area (TPSA) is 87.6 Å². The van der Waals surface area contributed by atoms with E-state index in [0.29, 0.717) is 5.69 Å². The quantitative estimate of drug-likeness (QED) is 0.836. The van der Waals surface area contributed by atoms with E-state index in [-0.39, 0.29) is 12.6 Å². The third-order valence-corrected chi connectivity index (χ3v) is 5.30. The Bertz CT molecular complexity index is 554. The highest BCUT2D eigenvalue weighted by molar-refractivity contribution is 7.90. The lowest BCUT2D eigenvalue weighted by atomic mass is 10.3. The van der Waals surface area contributed by atoms with Crippen LogP contribution in [0.25, 0.3) is 0 Å². The van der Waals surface area contributed by atoms with E-state index < -0.39 is 21.2 Å². The molecule has 1 saturated carbocycles. The van der Waals surface area contributed by atoms with Crippen molar-refractivity contribution in [1.82, 2.24) is 9.29 Å². The maximum Gasteiger partial charge on any atom is 0.323 e. The average molecular weight is 284 g/mol. The molecule has 19 heavy (non-hydrogen) atoms. The van der Waals surface area contributed by atoms with Crippen molar-refractivity contribution in [1.29, 1.82) is 0 Å². The van der Waals surface area contributed by atoms with E-state index in [9.17, 15) is 13.2 Å². The molecule has 0 saturated heterocycles. The minimum absolute atomic E-state index is 0.0891. The Morgan fingerprint density at radius 2 is 2.21 bits per heavy atom. The zero-order valence-electron chi connectivity index (χ0n) is 10.6. The first-order valence-corrected chi connectivity index (χ1v) is 7.56. The Hall–Kier alpha value is -1.47. The molecule has 104 valence electrons. The Morgan fingerprint density at radius 3 is 2.68 bits per heavy atom. The summed E-state index contributed by atoms with van der Waals surface area (Å²) in [5.41, 5.74) is 0.621. The first kappa shape index (κ1) is 14.0. The summed E-state index contributed by atoms with van der Waals surface area (Å²) in [6.45, 7) is 1.33. The Kier molecular flexibility index (Phi) is 3.86. The summed E-state index contributed by atoms with van der Waals surface area (Å²) in [7, 11) is -3.84. The fourth-order valence-electron chi connectivity index (χ4n) is 1.77. The molecule has 1 aromatic heterocycles. The second kappa shape index (κ2) is 5.26. The summed E-state index contributed by atoms with van der Waals surface area (Å²) in [5, 5.41) is 7.48. The van der Waals surface area contributed by atoms with Crippen molar-refractivity contribution in [3.63, 3.8) is 0 Å². The van der Waals surface area contributed by atoms with Crippen LogP contribution >= 0.6 is 0 Å². The number of rotatable bonds is 6.